The minimum atomic E-state index is -0.973. The van der Waals surface area contributed by atoms with E-state index in [1.807, 2.05) is 31.2 Å². The number of rotatable bonds is 9. The van der Waals surface area contributed by atoms with Crippen LogP contribution in [0.3, 0.4) is 0 Å². The van der Waals surface area contributed by atoms with Crippen molar-refractivity contribution in [3.63, 3.8) is 0 Å². The number of nitrogens with one attached hydrogen (secondary N) is 2. The number of nitrogens with zero attached hydrogens (tertiary/aromatic N) is 1. The van der Waals surface area contributed by atoms with Crippen LogP contribution in [-0.4, -0.2) is 40.7 Å². The summed E-state index contributed by atoms with van der Waals surface area (Å²) in [6, 6.07) is 18.8. The Bertz CT molecular complexity index is 1180. The number of ether oxygens (including phenoxy) is 1. The molecule has 8 heteroatoms. The van der Waals surface area contributed by atoms with E-state index >= 15 is 0 Å². The van der Waals surface area contributed by atoms with Crippen molar-refractivity contribution in [1.82, 2.24) is 10.3 Å². The number of hydrogen-bond donors (Lipinski definition) is 3. The number of carboxylic acid groups (broad SMARTS) is 1. The largest absolute Gasteiger partial charge is 0.481 e. The second-order valence-corrected chi connectivity index (χ2v) is 8.44. The minimum absolute atomic E-state index is 0.0424. The van der Waals surface area contributed by atoms with E-state index in [-0.39, 0.29) is 24.6 Å². The van der Waals surface area contributed by atoms with Gasteiger partial charge < -0.3 is 15.2 Å². The van der Waals surface area contributed by atoms with Gasteiger partial charge in [0.1, 0.15) is 12.3 Å². The molecule has 1 aliphatic carbocycles. The number of fused-ring (bicyclic) bond motifs is 3. The summed E-state index contributed by atoms with van der Waals surface area (Å²) >= 11 is 0. The van der Waals surface area contributed by atoms with E-state index in [4.69, 9.17) is 9.84 Å². The molecule has 4 rings (SSSR count). The molecule has 0 bridgehead atoms. The molecule has 0 spiro atoms. The van der Waals surface area contributed by atoms with Crippen LogP contribution in [0.15, 0.2) is 66.9 Å². The SMILES string of the molecule is CCC[C@@H](CC(=O)O)NC(=O)c1ccc(NC(=O)OCC2c3ccccc3-c3ccccc32)cn1. The first-order valence-corrected chi connectivity index (χ1v) is 11.6. The van der Waals surface area contributed by atoms with Gasteiger partial charge in [-0.15, -0.1) is 0 Å². The molecule has 0 fully saturated rings. The summed E-state index contributed by atoms with van der Waals surface area (Å²) in [6.45, 7) is 2.11. The fourth-order valence-electron chi connectivity index (χ4n) is 4.40. The smallest absolute Gasteiger partial charge is 0.411 e. The Hall–Kier alpha value is -4.20. The lowest BCUT2D eigenvalue weighted by molar-refractivity contribution is -0.137. The maximum Gasteiger partial charge on any atom is 0.411 e. The molecule has 180 valence electrons. The molecule has 2 amide bonds. The zero-order valence-electron chi connectivity index (χ0n) is 19.4. The topological polar surface area (TPSA) is 118 Å². The number of anilines is 1. The predicted octanol–water partition coefficient (Wildman–Crippen LogP) is 4.82. The Balaban J connectivity index is 1.34. The monoisotopic (exact) mass is 473 g/mol. The average molecular weight is 474 g/mol. The molecule has 1 aliphatic rings. The molecule has 35 heavy (non-hydrogen) atoms. The summed E-state index contributed by atoms with van der Waals surface area (Å²) in [5, 5.41) is 14.3. The third-order valence-electron chi connectivity index (χ3n) is 5.98. The highest BCUT2D eigenvalue weighted by molar-refractivity contribution is 5.93. The van der Waals surface area contributed by atoms with Crippen LogP contribution >= 0.6 is 0 Å². The highest BCUT2D eigenvalue weighted by Crippen LogP contribution is 2.44. The van der Waals surface area contributed by atoms with Crippen molar-refractivity contribution in [2.45, 2.75) is 38.1 Å². The van der Waals surface area contributed by atoms with Gasteiger partial charge in [0, 0.05) is 12.0 Å². The van der Waals surface area contributed by atoms with E-state index in [0.717, 1.165) is 28.7 Å². The highest BCUT2D eigenvalue weighted by atomic mass is 16.5. The second kappa shape index (κ2) is 10.8. The third-order valence-corrected chi connectivity index (χ3v) is 5.98. The Morgan fingerprint density at radius 2 is 1.66 bits per heavy atom. The standard InChI is InChI=1S/C27H27N3O5/c1-2-7-17(14-25(31)32)29-26(33)24-13-12-18(15-28-24)30-27(34)35-16-23-21-10-5-3-8-19(21)20-9-4-6-11-22(20)23/h3-6,8-13,15,17,23H,2,7,14,16H2,1H3,(H,29,33)(H,30,34)(H,31,32)/t17-/m0/s1. The van der Waals surface area contributed by atoms with Gasteiger partial charge in [0.25, 0.3) is 5.91 Å². The van der Waals surface area contributed by atoms with Crippen LogP contribution in [-0.2, 0) is 9.53 Å². The van der Waals surface area contributed by atoms with Gasteiger partial charge >= 0.3 is 12.1 Å². The zero-order valence-corrected chi connectivity index (χ0v) is 19.4. The molecule has 8 nitrogen and oxygen atoms in total. The van der Waals surface area contributed by atoms with E-state index < -0.39 is 24.0 Å². The molecule has 3 aromatic rings. The molecule has 0 saturated heterocycles. The average Bonchev–Trinajstić information content (AvgIpc) is 3.16. The number of pyridine rings is 1. The van der Waals surface area contributed by atoms with Gasteiger partial charge in [-0.25, -0.2) is 9.78 Å². The molecule has 0 unspecified atom stereocenters. The van der Waals surface area contributed by atoms with E-state index in [1.54, 1.807) is 6.07 Å². The molecule has 1 heterocycles. The lowest BCUT2D eigenvalue weighted by Crippen LogP contribution is -2.36. The molecular formula is C27H27N3O5. The number of aliphatic carboxylic acids is 1. The van der Waals surface area contributed by atoms with Crippen molar-refractivity contribution in [3.8, 4) is 11.1 Å². The first-order valence-electron chi connectivity index (χ1n) is 11.6. The Kier molecular flexibility index (Phi) is 7.40. The van der Waals surface area contributed by atoms with Crippen LogP contribution in [0, 0.1) is 0 Å². The molecular weight excluding hydrogens is 446 g/mol. The van der Waals surface area contributed by atoms with Crippen molar-refractivity contribution in [2.75, 3.05) is 11.9 Å². The highest BCUT2D eigenvalue weighted by Gasteiger charge is 2.29. The minimum Gasteiger partial charge on any atom is -0.481 e. The van der Waals surface area contributed by atoms with Crippen molar-refractivity contribution in [2.24, 2.45) is 0 Å². The molecule has 0 saturated carbocycles. The van der Waals surface area contributed by atoms with Crippen molar-refractivity contribution < 1.29 is 24.2 Å². The lowest BCUT2D eigenvalue weighted by atomic mass is 9.98. The summed E-state index contributed by atoms with van der Waals surface area (Å²) in [5.74, 6) is -1.48. The molecule has 0 radical (unpaired) electrons. The van der Waals surface area contributed by atoms with Gasteiger partial charge in [0.2, 0.25) is 0 Å². The maximum atomic E-state index is 12.4. The third kappa shape index (κ3) is 5.66. The quantitative estimate of drug-likeness (QED) is 0.410. The van der Waals surface area contributed by atoms with Crippen molar-refractivity contribution in [1.29, 1.82) is 0 Å². The summed E-state index contributed by atoms with van der Waals surface area (Å²) in [4.78, 5) is 39.9. The van der Waals surface area contributed by atoms with E-state index in [2.05, 4.69) is 39.9 Å². The number of amides is 2. The Morgan fingerprint density at radius 1 is 1.00 bits per heavy atom. The van der Waals surface area contributed by atoms with Gasteiger partial charge in [-0.1, -0.05) is 61.9 Å². The fourth-order valence-corrected chi connectivity index (χ4v) is 4.40. The molecule has 1 aromatic heterocycles. The zero-order chi connectivity index (χ0) is 24.8. The fraction of sp³-hybridized carbons (Fsp3) is 0.259. The maximum absolute atomic E-state index is 12.4. The van der Waals surface area contributed by atoms with E-state index in [1.165, 1.54) is 12.3 Å². The van der Waals surface area contributed by atoms with Crippen LogP contribution in [0.2, 0.25) is 0 Å². The number of carboxylic acids is 1. The van der Waals surface area contributed by atoms with E-state index in [9.17, 15) is 14.4 Å². The van der Waals surface area contributed by atoms with Crippen LogP contribution < -0.4 is 10.6 Å². The van der Waals surface area contributed by atoms with Gasteiger partial charge in [0.05, 0.1) is 18.3 Å². The van der Waals surface area contributed by atoms with E-state index in [0.29, 0.717) is 12.1 Å². The summed E-state index contributed by atoms with van der Waals surface area (Å²) in [7, 11) is 0. The van der Waals surface area contributed by atoms with Gasteiger partial charge in [-0.3, -0.25) is 14.9 Å². The van der Waals surface area contributed by atoms with Crippen molar-refractivity contribution in [3.05, 3.63) is 83.7 Å². The lowest BCUT2D eigenvalue weighted by Gasteiger charge is -2.16. The van der Waals surface area contributed by atoms with Crippen LogP contribution in [0.1, 0.15) is 53.7 Å². The summed E-state index contributed by atoms with van der Waals surface area (Å²) in [6.07, 6.45) is 1.90. The first kappa shape index (κ1) is 23.9. The van der Waals surface area contributed by atoms with Crippen molar-refractivity contribution >= 4 is 23.7 Å². The summed E-state index contributed by atoms with van der Waals surface area (Å²) < 4.78 is 5.53. The number of carbonyl (C=O) groups excluding carboxylic acids is 2. The number of hydrogen-bond acceptors (Lipinski definition) is 5. The van der Waals surface area contributed by atoms with Gasteiger partial charge in [0.15, 0.2) is 0 Å². The number of carbonyl (C=O) groups is 3. The van der Waals surface area contributed by atoms with Crippen LogP contribution in [0.5, 0.6) is 0 Å². The van der Waals surface area contributed by atoms with Gasteiger partial charge in [-0.2, -0.15) is 0 Å². The number of aromatic nitrogens is 1. The molecule has 3 N–H and O–H groups in total. The predicted molar refractivity (Wildman–Crippen MR) is 131 cm³/mol. The summed E-state index contributed by atoms with van der Waals surface area (Å²) in [5.41, 5.74) is 5.08. The number of benzene rings is 2. The molecule has 0 aliphatic heterocycles. The van der Waals surface area contributed by atoms with Gasteiger partial charge in [-0.05, 0) is 40.8 Å². The van der Waals surface area contributed by atoms with Crippen LogP contribution in [0.25, 0.3) is 11.1 Å². The first-order chi connectivity index (χ1) is 17.0. The molecule has 1 atom stereocenters. The Labute approximate surface area is 203 Å². The van der Waals surface area contributed by atoms with Crippen LogP contribution in [0.4, 0.5) is 10.5 Å². The molecule has 2 aromatic carbocycles. The second-order valence-electron chi connectivity index (χ2n) is 8.44. The normalized spacial score (nSPS) is 12.8. The Morgan fingerprint density at radius 3 is 2.23 bits per heavy atom.